The molecule has 0 saturated carbocycles. The molecule has 3 N–H and O–H groups in total. The number of nitrogen functional groups attached to an aromatic ring is 1. The third-order valence-electron chi connectivity index (χ3n) is 3.34. The largest absolute Gasteiger partial charge is 0.368 e. The molecule has 1 amide bonds. The zero-order chi connectivity index (χ0) is 13.0. The summed E-state index contributed by atoms with van der Waals surface area (Å²) in [5.74, 6) is 0.0393. The first kappa shape index (κ1) is 12.8. The van der Waals surface area contributed by atoms with E-state index in [-0.39, 0.29) is 11.9 Å². The van der Waals surface area contributed by atoms with Crippen LogP contribution in [0, 0.1) is 0 Å². The van der Waals surface area contributed by atoms with Gasteiger partial charge in [-0.05, 0) is 25.9 Å². The van der Waals surface area contributed by atoms with Crippen molar-refractivity contribution < 1.29 is 4.79 Å². The number of rotatable bonds is 4. The minimum absolute atomic E-state index is 0.141. The zero-order valence-corrected chi connectivity index (χ0v) is 10.6. The number of nitrogens with zero attached hydrogens (tertiary/aromatic N) is 3. The van der Waals surface area contributed by atoms with Crippen LogP contribution in [0.5, 0.6) is 0 Å². The predicted octanol–water partition coefficient (Wildman–Crippen LogP) is 0.273. The molecule has 0 bridgehead atoms. The molecular weight excluding hydrogens is 230 g/mol. The predicted molar refractivity (Wildman–Crippen MR) is 69.0 cm³/mol. The van der Waals surface area contributed by atoms with Crippen molar-refractivity contribution in [3.8, 4) is 0 Å². The van der Waals surface area contributed by atoms with E-state index in [2.05, 4.69) is 27.1 Å². The number of nitrogens with one attached hydrogen (secondary N) is 1. The Morgan fingerprint density at radius 1 is 1.56 bits per heavy atom. The van der Waals surface area contributed by atoms with E-state index in [0.29, 0.717) is 18.2 Å². The molecule has 0 spiro atoms. The van der Waals surface area contributed by atoms with Gasteiger partial charge in [0.25, 0.3) is 5.91 Å². The van der Waals surface area contributed by atoms with Gasteiger partial charge in [-0.15, -0.1) is 0 Å². The van der Waals surface area contributed by atoms with Crippen LogP contribution in [0.1, 0.15) is 30.1 Å². The zero-order valence-electron chi connectivity index (χ0n) is 10.6. The highest BCUT2D eigenvalue weighted by atomic mass is 16.1. The second-order valence-electron chi connectivity index (χ2n) is 4.46. The van der Waals surface area contributed by atoms with Gasteiger partial charge in [0.1, 0.15) is 0 Å². The van der Waals surface area contributed by atoms with Gasteiger partial charge in [0, 0.05) is 25.0 Å². The molecule has 0 aromatic carbocycles. The van der Waals surface area contributed by atoms with Gasteiger partial charge < -0.3 is 11.1 Å². The van der Waals surface area contributed by atoms with Crippen molar-refractivity contribution >= 4 is 11.9 Å². The summed E-state index contributed by atoms with van der Waals surface area (Å²) in [4.78, 5) is 21.9. The van der Waals surface area contributed by atoms with Crippen molar-refractivity contribution in [2.45, 2.75) is 25.8 Å². The highest BCUT2D eigenvalue weighted by molar-refractivity contribution is 5.93. The van der Waals surface area contributed by atoms with Crippen LogP contribution in [0.4, 0.5) is 5.95 Å². The van der Waals surface area contributed by atoms with Crippen LogP contribution in [0.2, 0.25) is 0 Å². The molecule has 1 aliphatic heterocycles. The van der Waals surface area contributed by atoms with E-state index < -0.39 is 0 Å². The lowest BCUT2D eigenvalue weighted by atomic mass is 10.2. The number of hydrogen-bond donors (Lipinski definition) is 2. The van der Waals surface area contributed by atoms with Crippen molar-refractivity contribution in [2.24, 2.45) is 0 Å². The van der Waals surface area contributed by atoms with Gasteiger partial charge in [-0.2, -0.15) is 0 Å². The molecule has 2 rings (SSSR count). The van der Waals surface area contributed by atoms with Crippen LogP contribution < -0.4 is 11.1 Å². The van der Waals surface area contributed by atoms with Crippen LogP contribution >= 0.6 is 0 Å². The number of amides is 1. The Morgan fingerprint density at radius 2 is 2.28 bits per heavy atom. The van der Waals surface area contributed by atoms with Gasteiger partial charge in [0.05, 0.1) is 5.56 Å². The second kappa shape index (κ2) is 5.77. The molecule has 1 fully saturated rings. The number of carbonyl (C=O) groups is 1. The second-order valence-corrected chi connectivity index (χ2v) is 4.46. The smallest absolute Gasteiger partial charge is 0.254 e. The maximum atomic E-state index is 11.9. The summed E-state index contributed by atoms with van der Waals surface area (Å²) in [6.45, 7) is 4.98. The summed E-state index contributed by atoms with van der Waals surface area (Å²) >= 11 is 0. The molecule has 1 unspecified atom stereocenters. The first-order chi connectivity index (χ1) is 8.70. The maximum Gasteiger partial charge on any atom is 0.254 e. The average Bonchev–Trinajstić information content (AvgIpc) is 2.84. The molecule has 1 aliphatic rings. The normalized spacial score (nSPS) is 19.9. The lowest BCUT2D eigenvalue weighted by Crippen LogP contribution is -2.40. The lowest BCUT2D eigenvalue weighted by molar-refractivity contribution is 0.0940. The van der Waals surface area contributed by atoms with Crippen LogP contribution in [-0.2, 0) is 0 Å². The first-order valence-corrected chi connectivity index (χ1v) is 6.30. The van der Waals surface area contributed by atoms with Gasteiger partial charge in [-0.1, -0.05) is 6.92 Å². The number of anilines is 1. The third-order valence-corrected chi connectivity index (χ3v) is 3.34. The van der Waals surface area contributed by atoms with E-state index in [1.807, 2.05) is 0 Å². The number of likely N-dealkylation sites (N-methyl/N-ethyl adjacent to an activating group) is 1. The summed E-state index contributed by atoms with van der Waals surface area (Å²) in [6.07, 6.45) is 5.25. The van der Waals surface area contributed by atoms with Gasteiger partial charge in [-0.3, -0.25) is 9.69 Å². The highest BCUT2D eigenvalue weighted by Crippen LogP contribution is 2.15. The fraction of sp³-hybridized carbons (Fsp3) is 0.583. The van der Waals surface area contributed by atoms with E-state index in [1.165, 1.54) is 18.8 Å². The Kier molecular flexibility index (Phi) is 4.09. The maximum absolute atomic E-state index is 11.9. The molecule has 18 heavy (non-hydrogen) atoms. The summed E-state index contributed by atoms with van der Waals surface area (Å²) in [5, 5.41) is 2.92. The topological polar surface area (TPSA) is 84.1 Å². The standard InChI is InChI=1S/C12H19N5O/c1-2-17-5-3-4-10(17)8-14-11(18)9-6-15-12(13)16-7-9/h6-7,10H,2-5,8H2,1H3,(H,14,18)(H2,13,15,16). The highest BCUT2D eigenvalue weighted by Gasteiger charge is 2.23. The van der Waals surface area contributed by atoms with E-state index in [9.17, 15) is 4.79 Å². The summed E-state index contributed by atoms with van der Waals surface area (Å²) < 4.78 is 0. The van der Waals surface area contributed by atoms with E-state index >= 15 is 0 Å². The minimum atomic E-state index is -0.141. The number of hydrogen-bond acceptors (Lipinski definition) is 5. The van der Waals surface area contributed by atoms with Crippen LogP contribution in [0.25, 0.3) is 0 Å². The van der Waals surface area contributed by atoms with Crippen LogP contribution in [0.15, 0.2) is 12.4 Å². The van der Waals surface area contributed by atoms with Crippen molar-refractivity contribution in [3.05, 3.63) is 18.0 Å². The number of nitrogens with two attached hydrogens (primary N) is 1. The summed E-state index contributed by atoms with van der Waals surface area (Å²) in [7, 11) is 0. The Labute approximate surface area is 107 Å². The molecule has 2 heterocycles. The average molecular weight is 249 g/mol. The van der Waals surface area contributed by atoms with Crippen LogP contribution in [0.3, 0.4) is 0 Å². The summed E-state index contributed by atoms with van der Waals surface area (Å²) in [6, 6.07) is 0.452. The number of carbonyl (C=O) groups excluding carboxylic acids is 1. The Balaban J connectivity index is 1.86. The molecule has 0 radical (unpaired) electrons. The fourth-order valence-corrected chi connectivity index (χ4v) is 2.31. The van der Waals surface area contributed by atoms with E-state index in [4.69, 9.17) is 5.73 Å². The molecule has 1 saturated heterocycles. The third kappa shape index (κ3) is 2.95. The SMILES string of the molecule is CCN1CCCC1CNC(=O)c1cnc(N)nc1. The molecular formula is C12H19N5O. The van der Waals surface area contributed by atoms with Gasteiger partial charge in [0.15, 0.2) is 0 Å². The van der Waals surface area contributed by atoms with Crippen molar-refractivity contribution in [3.63, 3.8) is 0 Å². The molecule has 0 aliphatic carbocycles. The molecule has 1 aromatic rings. The Morgan fingerprint density at radius 3 is 2.94 bits per heavy atom. The summed E-state index contributed by atoms with van der Waals surface area (Å²) in [5.41, 5.74) is 5.83. The minimum Gasteiger partial charge on any atom is -0.368 e. The Hall–Kier alpha value is -1.69. The monoisotopic (exact) mass is 249 g/mol. The number of aromatic nitrogens is 2. The van der Waals surface area contributed by atoms with Gasteiger partial charge in [0.2, 0.25) is 5.95 Å². The quantitative estimate of drug-likeness (QED) is 0.800. The molecule has 6 nitrogen and oxygen atoms in total. The van der Waals surface area contributed by atoms with Crippen molar-refractivity contribution in [1.29, 1.82) is 0 Å². The van der Waals surface area contributed by atoms with Crippen molar-refractivity contribution in [2.75, 3.05) is 25.4 Å². The van der Waals surface area contributed by atoms with E-state index in [0.717, 1.165) is 19.5 Å². The Bertz CT molecular complexity index is 405. The first-order valence-electron chi connectivity index (χ1n) is 6.30. The lowest BCUT2D eigenvalue weighted by Gasteiger charge is -2.22. The van der Waals surface area contributed by atoms with E-state index in [1.54, 1.807) is 0 Å². The van der Waals surface area contributed by atoms with Crippen molar-refractivity contribution in [1.82, 2.24) is 20.2 Å². The molecule has 6 heteroatoms. The van der Waals surface area contributed by atoms with Crippen LogP contribution in [-0.4, -0.2) is 46.5 Å². The number of likely N-dealkylation sites (tertiary alicyclic amines) is 1. The van der Waals surface area contributed by atoms with Gasteiger partial charge >= 0.3 is 0 Å². The molecule has 1 atom stereocenters. The van der Waals surface area contributed by atoms with Gasteiger partial charge in [-0.25, -0.2) is 9.97 Å². The molecule has 98 valence electrons. The fourth-order valence-electron chi connectivity index (χ4n) is 2.31. The molecule has 1 aromatic heterocycles.